The van der Waals surface area contributed by atoms with Crippen LogP contribution in [0.15, 0.2) is 84.9 Å². The first-order chi connectivity index (χ1) is 15.2. The Kier molecular flexibility index (Phi) is 6.62. The first kappa shape index (κ1) is 20.7. The van der Waals surface area contributed by atoms with Crippen molar-refractivity contribution in [2.24, 2.45) is 0 Å². The number of nitrogens with zero attached hydrogens (tertiary/aromatic N) is 1. The van der Waals surface area contributed by atoms with E-state index < -0.39 is 12.1 Å². The highest BCUT2D eigenvalue weighted by atomic mass is 16.6. The zero-order valence-electron chi connectivity index (χ0n) is 17.4. The molecule has 5 heteroatoms. The van der Waals surface area contributed by atoms with Crippen LogP contribution in [0.25, 0.3) is 0 Å². The molecule has 0 saturated carbocycles. The second-order valence-electron chi connectivity index (χ2n) is 7.68. The Labute approximate surface area is 182 Å². The Hall–Kier alpha value is -3.60. The summed E-state index contributed by atoms with van der Waals surface area (Å²) < 4.78 is 5.54. The number of rotatable bonds is 6. The Bertz CT molecular complexity index is 1020. The van der Waals surface area contributed by atoms with Gasteiger partial charge in [-0.1, -0.05) is 84.9 Å². The largest absolute Gasteiger partial charge is 0.445 e. The predicted octanol–water partition coefficient (Wildman–Crippen LogP) is 4.11. The van der Waals surface area contributed by atoms with Crippen molar-refractivity contribution in [3.63, 3.8) is 0 Å². The zero-order valence-corrected chi connectivity index (χ0v) is 17.4. The van der Waals surface area contributed by atoms with Crippen LogP contribution in [0.3, 0.4) is 0 Å². The van der Waals surface area contributed by atoms with E-state index in [-0.39, 0.29) is 12.5 Å². The Balaban J connectivity index is 1.43. The molecule has 2 amide bonds. The molecule has 1 heterocycles. The molecular formula is C26H26N2O3. The normalized spacial score (nSPS) is 15.1. The first-order valence-corrected chi connectivity index (χ1v) is 10.6. The SMILES string of the molecule is O=C(NCCc1ccccc1)[C@@H]1Cc2ccccc2CN1C(=O)OCc1ccccc1. The van der Waals surface area contributed by atoms with E-state index in [1.54, 1.807) is 4.90 Å². The second-order valence-corrected chi connectivity index (χ2v) is 7.68. The van der Waals surface area contributed by atoms with E-state index in [1.807, 2.05) is 84.9 Å². The fraction of sp³-hybridized carbons (Fsp3) is 0.231. The number of benzene rings is 3. The molecular weight excluding hydrogens is 388 g/mol. The van der Waals surface area contributed by atoms with Gasteiger partial charge in [0.25, 0.3) is 0 Å². The van der Waals surface area contributed by atoms with Gasteiger partial charge in [-0.15, -0.1) is 0 Å². The lowest BCUT2D eigenvalue weighted by Gasteiger charge is -2.35. The van der Waals surface area contributed by atoms with Crippen molar-refractivity contribution < 1.29 is 14.3 Å². The molecule has 0 fully saturated rings. The standard InChI is InChI=1S/C26H26N2O3/c29-25(27-16-15-20-9-3-1-4-10-20)24-17-22-13-7-8-14-23(22)18-28(24)26(30)31-19-21-11-5-2-6-12-21/h1-14,24H,15-19H2,(H,27,29)/t24-/m0/s1. The lowest BCUT2D eigenvalue weighted by molar-refractivity contribution is -0.126. The van der Waals surface area contributed by atoms with Gasteiger partial charge in [0, 0.05) is 13.0 Å². The molecule has 4 rings (SSSR count). The molecule has 0 aromatic heterocycles. The summed E-state index contributed by atoms with van der Waals surface area (Å²) in [6.07, 6.45) is 0.754. The maximum Gasteiger partial charge on any atom is 0.411 e. The van der Waals surface area contributed by atoms with Gasteiger partial charge in [0.1, 0.15) is 12.6 Å². The van der Waals surface area contributed by atoms with E-state index in [1.165, 1.54) is 0 Å². The van der Waals surface area contributed by atoms with Crippen LogP contribution in [0.2, 0.25) is 0 Å². The third kappa shape index (κ3) is 5.31. The summed E-state index contributed by atoms with van der Waals surface area (Å²) in [5, 5.41) is 3.00. The van der Waals surface area contributed by atoms with Crippen molar-refractivity contribution in [3.05, 3.63) is 107 Å². The third-order valence-corrected chi connectivity index (χ3v) is 5.55. The molecule has 1 N–H and O–H groups in total. The number of carbonyl (C=O) groups is 2. The summed E-state index contributed by atoms with van der Waals surface area (Å²) in [5.74, 6) is -0.151. The van der Waals surface area contributed by atoms with Gasteiger partial charge in [-0.05, 0) is 28.7 Å². The minimum absolute atomic E-state index is 0.151. The topological polar surface area (TPSA) is 58.6 Å². The molecule has 3 aromatic carbocycles. The van der Waals surface area contributed by atoms with Gasteiger partial charge in [0.2, 0.25) is 5.91 Å². The van der Waals surface area contributed by atoms with Gasteiger partial charge < -0.3 is 10.1 Å². The molecule has 5 nitrogen and oxygen atoms in total. The molecule has 1 aliphatic rings. The van der Waals surface area contributed by atoms with E-state index >= 15 is 0 Å². The fourth-order valence-corrected chi connectivity index (χ4v) is 3.84. The molecule has 0 saturated heterocycles. The van der Waals surface area contributed by atoms with E-state index in [4.69, 9.17) is 4.74 Å². The van der Waals surface area contributed by atoms with Gasteiger partial charge in [0.15, 0.2) is 0 Å². The van der Waals surface area contributed by atoms with Crippen molar-refractivity contribution in [1.29, 1.82) is 0 Å². The number of amides is 2. The van der Waals surface area contributed by atoms with Crippen molar-refractivity contribution in [2.45, 2.75) is 32.0 Å². The summed E-state index contributed by atoms with van der Waals surface area (Å²) in [6.45, 7) is 1.06. The number of nitrogens with one attached hydrogen (secondary N) is 1. The number of hydrogen-bond acceptors (Lipinski definition) is 3. The van der Waals surface area contributed by atoms with Crippen LogP contribution < -0.4 is 5.32 Å². The summed E-state index contributed by atoms with van der Waals surface area (Å²) in [5.41, 5.74) is 4.22. The Morgan fingerprint density at radius 3 is 2.16 bits per heavy atom. The molecule has 158 valence electrons. The summed E-state index contributed by atoms with van der Waals surface area (Å²) in [4.78, 5) is 27.5. The number of hydrogen-bond donors (Lipinski definition) is 1. The number of fused-ring (bicyclic) bond motifs is 1. The minimum Gasteiger partial charge on any atom is -0.445 e. The quantitative estimate of drug-likeness (QED) is 0.660. The van der Waals surface area contributed by atoms with Crippen LogP contribution in [-0.4, -0.2) is 29.5 Å². The number of ether oxygens (including phenoxy) is 1. The van der Waals surface area contributed by atoms with Crippen molar-refractivity contribution in [1.82, 2.24) is 10.2 Å². The van der Waals surface area contributed by atoms with Gasteiger partial charge in [-0.2, -0.15) is 0 Å². The van der Waals surface area contributed by atoms with Gasteiger partial charge in [-0.25, -0.2) is 4.79 Å². The second kappa shape index (κ2) is 9.94. The van der Waals surface area contributed by atoms with Crippen LogP contribution >= 0.6 is 0 Å². The van der Waals surface area contributed by atoms with Crippen LogP contribution in [0.4, 0.5) is 4.79 Å². The molecule has 0 radical (unpaired) electrons. The maximum atomic E-state index is 13.0. The first-order valence-electron chi connectivity index (χ1n) is 10.6. The summed E-state index contributed by atoms with van der Waals surface area (Å²) in [6, 6.07) is 26.9. The van der Waals surface area contributed by atoms with Crippen LogP contribution in [0, 0.1) is 0 Å². The highest BCUT2D eigenvalue weighted by molar-refractivity contribution is 5.86. The molecule has 1 aliphatic heterocycles. The lowest BCUT2D eigenvalue weighted by Crippen LogP contribution is -2.52. The smallest absolute Gasteiger partial charge is 0.411 e. The average molecular weight is 415 g/mol. The molecule has 3 aromatic rings. The summed E-state index contributed by atoms with van der Waals surface area (Å²) >= 11 is 0. The van der Waals surface area contributed by atoms with Gasteiger partial charge in [0.05, 0.1) is 6.54 Å². The molecule has 0 aliphatic carbocycles. The van der Waals surface area contributed by atoms with Crippen LogP contribution in [0.1, 0.15) is 22.3 Å². The van der Waals surface area contributed by atoms with Gasteiger partial charge >= 0.3 is 6.09 Å². The highest BCUT2D eigenvalue weighted by Gasteiger charge is 2.35. The minimum atomic E-state index is -0.589. The van der Waals surface area contributed by atoms with E-state index in [0.717, 1.165) is 28.7 Å². The molecule has 0 bridgehead atoms. The van der Waals surface area contributed by atoms with E-state index in [9.17, 15) is 9.59 Å². The maximum absolute atomic E-state index is 13.0. The van der Waals surface area contributed by atoms with Crippen LogP contribution in [0.5, 0.6) is 0 Å². The number of carbonyl (C=O) groups excluding carboxylic acids is 2. The molecule has 1 atom stereocenters. The Morgan fingerprint density at radius 2 is 1.45 bits per heavy atom. The van der Waals surface area contributed by atoms with E-state index in [0.29, 0.717) is 19.5 Å². The predicted molar refractivity (Wildman–Crippen MR) is 119 cm³/mol. The zero-order chi connectivity index (χ0) is 21.5. The average Bonchev–Trinajstić information content (AvgIpc) is 2.83. The third-order valence-electron chi connectivity index (χ3n) is 5.55. The molecule has 0 spiro atoms. The summed E-state index contributed by atoms with van der Waals surface area (Å²) in [7, 11) is 0. The van der Waals surface area contributed by atoms with Crippen molar-refractivity contribution >= 4 is 12.0 Å². The van der Waals surface area contributed by atoms with Crippen molar-refractivity contribution in [2.75, 3.05) is 6.54 Å². The highest BCUT2D eigenvalue weighted by Crippen LogP contribution is 2.24. The molecule has 0 unspecified atom stereocenters. The van der Waals surface area contributed by atoms with Crippen molar-refractivity contribution in [3.8, 4) is 0 Å². The Morgan fingerprint density at radius 1 is 0.839 bits per heavy atom. The van der Waals surface area contributed by atoms with Crippen LogP contribution in [-0.2, 0) is 35.5 Å². The van der Waals surface area contributed by atoms with Gasteiger partial charge in [-0.3, -0.25) is 9.69 Å². The lowest BCUT2D eigenvalue weighted by atomic mass is 9.94. The van der Waals surface area contributed by atoms with E-state index in [2.05, 4.69) is 5.32 Å². The fourth-order valence-electron chi connectivity index (χ4n) is 3.84. The molecule has 31 heavy (non-hydrogen) atoms. The monoisotopic (exact) mass is 414 g/mol.